The number of hydrogen-bond donors (Lipinski definition) is 1. The molecule has 0 aliphatic rings. The Morgan fingerprint density at radius 3 is 2.20 bits per heavy atom. The predicted octanol–water partition coefficient (Wildman–Crippen LogP) is 3.90. The molecule has 20 heavy (non-hydrogen) atoms. The fourth-order valence-electron chi connectivity index (χ4n) is 2.03. The normalized spacial score (nSPS) is 12.4. The minimum atomic E-state index is -0.907. The van der Waals surface area contributed by atoms with Crippen LogP contribution in [-0.2, 0) is 12.8 Å². The third-order valence-corrected chi connectivity index (χ3v) is 3.23. The molecule has 0 aliphatic carbocycles. The first kappa shape index (κ1) is 14.9. The number of benzene rings is 2. The molecule has 0 fully saturated rings. The van der Waals surface area contributed by atoms with Crippen molar-refractivity contribution in [2.75, 3.05) is 0 Å². The van der Waals surface area contributed by atoms with Crippen molar-refractivity contribution < 1.29 is 18.3 Å². The van der Waals surface area contributed by atoms with Gasteiger partial charge in [-0.05, 0) is 47.9 Å². The molecular weight excluding hydrogens is 289 g/mol. The molecule has 1 nitrogen and oxygen atoms in total. The second kappa shape index (κ2) is 6.29. The summed E-state index contributed by atoms with van der Waals surface area (Å²) in [5.41, 5.74) is 0.790. The van der Waals surface area contributed by atoms with Crippen LogP contribution < -0.4 is 0 Å². The average molecular weight is 301 g/mol. The van der Waals surface area contributed by atoms with Gasteiger partial charge >= 0.3 is 0 Å². The van der Waals surface area contributed by atoms with Gasteiger partial charge in [-0.1, -0.05) is 11.6 Å². The number of rotatable bonds is 4. The molecule has 0 radical (unpaired) electrons. The summed E-state index contributed by atoms with van der Waals surface area (Å²) in [5, 5.41) is 10.3. The third kappa shape index (κ3) is 3.99. The standard InChI is InChI=1S/C15H12ClF3O/c16-15-2-1-11(17)6-10(15)7-14(20)5-9-3-12(18)8-13(19)4-9/h1-4,6,8,14,20H,5,7H2. The van der Waals surface area contributed by atoms with Crippen molar-refractivity contribution in [1.29, 1.82) is 0 Å². The summed E-state index contributed by atoms with van der Waals surface area (Å²) in [5.74, 6) is -1.85. The summed E-state index contributed by atoms with van der Waals surface area (Å²) in [6.45, 7) is 0. The lowest BCUT2D eigenvalue weighted by molar-refractivity contribution is 0.175. The maximum Gasteiger partial charge on any atom is 0.126 e. The molecule has 2 aromatic rings. The summed E-state index contributed by atoms with van der Waals surface area (Å²) in [6, 6.07) is 6.93. The first-order valence-corrected chi connectivity index (χ1v) is 6.39. The molecule has 5 heteroatoms. The molecule has 106 valence electrons. The van der Waals surface area contributed by atoms with Gasteiger partial charge in [0.05, 0.1) is 6.10 Å². The highest BCUT2D eigenvalue weighted by molar-refractivity contribution is 6.31. The molecule has 0 aliphatic heterocycles. The lowest BCUT2D eigenvalue weighted by Gasteiger charge is -2.12. The van der Waals surface area contributed by atoms with Gasteiger partial charge in [-0.15, -0.1) is 0 Å². The quantitative estimate of drug-likeness (QED) is 0.908. The Labute approximate surface area is 119 Å². The van der Waals surface area contributed by atoms with Crippen LogP contribution in [0.4, 0.5) is 13.2 Å². The smallest absolute Gasteiger partial charge is 0.126 e. The summed E-state index contributed by atoms with van der Waals surface area (Å²) in [6.07, 6.45) is -0.744. The zero-order valence-corrected chi connectivity index (χ0v) is 11.2. The van der Waals surface area contributed by atoms with Gasteiger partial charge in [0.1, 0.15) is 17.5 Å². The van der Waals surface area contributed by atoms with Crippen molar-refractivity contribution >= 4 is 11.6 Å². The van der Waals surface area contributed by atoms with Crippen LogP contribution in [0, 0.1) is 17.5 Å². The van der Waals surface area contributed by atoms with Crippen LogP contribution >= 0.6 is 11.6 Å². The van der Waals surface area contributed by atoms with Gasteiger partial charge in [0.15, 0.2) is 0 Å². The van der Waals surface area contributed by atoms with E-state index in [1.165, 1.54) is 18.2 Å². The SMILES string of the molecule is OC(Cc1cc(F)cc(F)c1)Cc1cc(F)ccc1Cl. The molecule has 1 N–H and O–H groups in total. The topological polar surface area (TPSA) is 20.2 Å². The molecule has 2 rings (SSSR count). The first-order chi connectivity index (χ1) is 9.44. The van der Waals surface area contributed by atoms with Crippen LogP contribution in [0.5, 0.6) is 0 Å². The molecular formula is C15H12ClF3O. The van der Waals surface area contributed by atoms with E-state index in [-0.39, 0.29) is 12.8 Å². The Hall–Kier alpha value is -1.52. The number of hydrogen-bond acceptors (Lipinski definition) is 1. The van der Waals surface area contributed by atoms with E-state index >= 15 is 0 Å². The molecule has 1 atom stereocenters. The predicted molar refractivity (Wildman–Crippen MR) is 71.2 cm³/mol. The van der Waals surface area contributed by atoms with E-state index in [1.54, 1.807) is 0 Å². The van der Waals surface area contributed by atoms with E-state index in [1.807, 2.05) is 0 Å². The lowest BCUT2D eigenvalue weighted by Crippen LogP contribution is -2.14. The largest absolute Gasteiger partial charge is 0.392 e. The summed E-state index contributed by atoms with van der Waals surface area (Å²) in [7, 11) is 0. The van der Waals surface area contributed by atoms with Crippen molar-refractivity contribution in [3.8, 4) is 0 Å². The number of aliphatic hydroxyl groups excluding tert-OH is 1. The van der Waals surface area contributed by atoms with Crippen LogP contribution in [0.15, 0.2) is 36.4 Å². The van der Waals surface area contributed by atoms with E-state index in [0.29, 0.717) is 16.1 Å². The molecule has 0 saturated heterocycles. The van der Waals surface area contributed by atoms with Crippen LogP contribution in [-0.4, -0.2) is 11.2 Å². The van der Waals surface area contributed by atoms with Crippen molar-refractivity contribution in [1.82, 2.24) is 0 Å². The highest BCUT2D eigenvalue weighted by Crippen LogP contribution is 2.20. The van der Waals surface area contributed by atoms with Crippen molar-refractivity contribution in [2.24, 2.45) is 0 Å². The van der Waals surface area contributed by atoms with E-state index in [9.17, 15) is 18.3 Å². The number of halogens is 4. The van der Waals surface area contributed by atoms with Crippen LogP contribution in [0.3, 0.4) is 0 Å². The second-order valence-electron chi connectivity index (χ2n) is 4.58. The molecule has 2 aromatic carbocycles. The van der Waals surface area contributed by atoms with Gasteiger partial charge in [0.2, 0.25) is 0 Å². The molecule has 1 unspecified atom stereocenters. The number of aliphatic hydroxyl groups is 1. The zero-order chi connectivity index (χ0) is 14.7. The molecule has 0 bridgehead atoms. The molecule has 0 spiro atoms. The maximum absolute atomic E-state index is 13.1. The minimum Gasteiger partial charge on any atom is -0.392 e. The molecule has 0 heterocycles. The molecule has 0 aromatic heterocycles. The van der Waals surface area contributed by atoms with Gasteiger partial charge in [-0.2, -0.15) is 0 Å². The minimum absolute atomic E-state index is 0.0571. The Kier molecular flexibility index (Phi) is 4.68. The Morgan fingerprint density at radius 2 is 1.55 bits per heavy atom. The van der Waals surface area contributed by atoms with Gasteiger partial charge in [0, 0.05) is 17.5 Å². The van der Waals surface area contributed by atoms with Crippen LogP contribution in [0.2, 0.25) is 5.02 Å². The fourth-order valence-corrected chi connectivity index (χ4v) is 2.22. The van der Waals surface area contributed by atoms with Gasteiger partial charge in [-0.25, -0.2) is 13.2 Å². The second-order valence-corrected chi connectivity index (χ2v) is 4.98. The van der Waals surface area contributed by atoms with E-state index < -0.39 is 23.6 Å². The summed E-state index contributed by atoms with van der Waals surface area (Å²) >= 11 is 5.90. The van der Waals surface area contributed by atoms with Gasteiger partial charge < -0.3 is 5.11 Å². The van der Waals surface area contributed by atoms with Crippen LogP contribution in [0.25, 0.3) is 0 Å². The summed E-state index contributed by atoms with van der Waals surface area (Å²) in [4.78, 5) is 0. The van der Waals surface area contributed by atoms with E-state index in [2.05, 4.69) is 0 Å². The Bertz CT molecular complexity index is 596. The van der Waals surface area contributed by atoms with Gasteiger partial charge in [0.25, 0.3) is 0 Å². The first-order valence-electron chi connectivity index (χ1n) is 6.01. The zero-order valence-electron chi connectivity index (χ0n) is 10.4. The van der Waals surface area contributed by atoms with E-state index in [4.69, 9.17) is 11.6 Å². The highest BCUT2D eigenvalue weighted by atomic mass is 35.5. The van der Waals surface area contributed by atoms with Gasteiger partial charge in [-0.3, -0.25) is 0 Å². The third-order valence-electron chi connectivity index (χ3n) is 2.86. The summed E-state index contributed by atoms with van der Waals surface area (Å²) < 4.78 is 39.2. The fraction of sp³-hybridized carbons (Fsp3) is 0.200. The molecule has 0 saturated carbocycles. The Morgan fingerprint density at radius 1 is 0.900 bits per heavy atom. The Balaban J connectivity index is 2.08. The van der Waals surface area contributed by atoms with Crippen molar-refractivity contribution in [3.05, 3.63) is 70.0 Å². The van der Waals surface area contributed by atoms with E-state index in [0.717, 1.165) is 18.2 Å². The molecule has 0 amide bonds. The maximum atomic E-state index is 13.1. The highest BCUT2D eigenvalue weighted by Gasteiger charge is 2.12. The van der Waals surface area contributed by atoms with Crippen molar-refractivity contribution in [3.63, 3.8) is 0 Å². The monoisotopic (exact) mass is 300 g/mol. The average Bonchev–Trinajstić information content (AvgIpc) is 2.32. The van der Waals surface area contributed by atoms with Crippen LogP contribution in [0.1, 0.15) is 11.1 Å². The van der Waals surface area contributed by atoms with Crippen molar-refractivity contribution in [2.45, 2.75) is 18.9 Å². The lowest BCUT2D eigenvalue weighted by atomic mass is 10.0.